The van der Waals surface area contributed by atoms with Gasteiger partial charge in [-0.15, -0.1) is 0 Å². The van der Waals surface area contributed by atoms with Crippen LogP contribution in [-0.2, 0) is 0 Å². The van der Waals surface area contributed by atoms with Crippen LogP contribution in [0.25, 0.3) is 16.3 Å². The Labute approximate surface area is 106 Å². The highest BCUT2D eigenvalue weighted by Gasteiger charge is 2.09. The Morgan fingerprint density at radius 2 is 2.06 bits per heavy atom. The van der Waals surface area contributed by atoms with Crippen molar-refractivity contribution in [1.82, 2.24) is 5.32 Å². The van der Waals surface area contributed by atoms with Gasteiger partial charge in [0.2, 0.25) is 0 Å². The number of rotatable bonds is 1. The van der Waals surface area contributed by atoms with E-state index < -0.39 is 0 Å². The fourth-order valence-corrected chi connectivity index (χ4v) is 2.56. The molecular formula is C15H14ClN. The summed E-state index contributed by atoms with van der Waals surface area (Å²) in [7, 11) is 0. The standard InChI is InChI=1S/C15H14ClN/c16-13-5-4-11-2-1-3-14(15(11)10-13)12-6-8-17-9-7-12/h1-6,10,17H,7-9H2. The van der Waals surface area contributed by atoms with Crippen LogP contribution in [0.1, 0.15) is 12.0 Å². The van der Waals surface area contributed by atoms with E-state index in [1.165, 1.54) is 21.9 Å². The third-order valence-electron chi connectivity index (χ3n) is 3.25. The summed E-state index contributed by atoms with van der Waals surface area (Å²) in [5, 5.41) is 6.66. The summed E-state index contributed by atoms with van der Waals surface area (Å²) in [6.45, 7) is 2.02. The van der Waals surface area contributed by atoms with E-state index in [4.69, 9.17) is 11.6 Å². The predicted octanol–water partition coefficient (Wildman–Crippen LogP) is 3.87. The Bertz CT molecular complexity index is 586. The highest BCUT2D eigenvalue weighted by molar-refractivity contribution is 6.31. The minimum absolute atomic E-state index is 0.805. The SMILES string of the molecule is Clc1ccc2cccc(C3=CCNCC3)c2c1. The third-order valence-corrected chi connectivity index (χ3v) is 3.49. The summed E-state index contributed by atoms with van der Waals surface area (Å²) in [6.07, 6.45) is 3.37. The molecule has 0 atom stereocenters. The Morgan fingerprint density at radius 3 is 2.88 bits per heavy atom. The van der Waals surface area contributed by atoms with Gasteiger partial charge in [-0.05, 0) is 47.0 Å². The highest BCUT2D eigenvalue weighted by atomic mass is 35.5. The molecule has 0 aromatic heterocycles. The molecule has 1 aliphatic heterocycles. The van der Waals surface area contributed by atoms with Crippen molar-refractivity contribution in [3.05, 3.63) is 53.1 Å². The van der Waals surface area contributed by atoms with Gasteiger partial charge in [0.25, 0.3) is 0 Å². The Morgan fingerprint density at radius 1 is 1.12 bits per heavy atom. The van der Waals surface area contributed by atoms with Crippen LogP contribution in [0.5, 0.6) is 0 Å². The quantitative estimate of drug-likeness (QED) is 0.802. The second-order valence-electron chi connectivity index (χ2n) is 4.35. The zero-order chi connectivity index (χ0) is 11.7. The number of halogens is 1. The fourth-order valence-electron chi connectivity index (χ4n) is 2.39. The van der Waals surface area contributed by atoms with Gasteiger partial charge in [0.05, 0.1) is 0 Å². The van der Waals surface area contributed by atoms with Crippen LogP contribution < -0.4 is 5.32 Å². The summed E-state index contributed by atoms with van der Waals surface area (Å²) in [5.41, 5.74) is 2.75. The smallest absolute Gasteiger partial charge is 0.0412 e. The predicted molar refractivity (Wildman–Crippen MR) is 74.4 cm³/mol. The molecule has 1 N–H and O–H groups in total. The molecule has 1 aliphatic rings. The first-order valence-corrected chi connectivity index (χ1v) is 6.31. The van der Waals surface area contributed by atoms with E-state index in [9.17, 15) is 0 Å². The first-order valence-electron chi connectivity index (χ1n) is 5.93. The molecule has 0 unspecified atom stereocenters. The minimum atomic E-state index is 0.805. The van der Waals surface area contributed by atoms with Crippen molar-refractivity contribution >= 4 is 27.9 Å². The molecule has 0 saturated heterocycles. The zero-order valence-electron chi connectivity index (χ0n) is 9.54. The van der Waals surface area contributed by atoms with Crippen LogP contribution in [-0.4, -0.2) is 13.1 Å². The van der Waals surface area contributed by atoms with Crippen molar-refractivity contribution < 1.29 is 0 Å². The van der Waals surface area contributed by atoms with Gasteiger partial charge in [-0.2, -0.15) is 0 Å². The average Bonchev–Trinajstić information content (AvgIpc) is 2.39. The molecular weight excluding hydrogens is 230 g/mol. The molecule has 2 heteroatoms. The molecule has 0 aliphatic carbocycles. The summed E-state index contributed by atoms with van der Waals surface area (Å²) in [4.78, 5) is 0. The fraction of sp³-hybridized carbons (Fsp3) is 0.200. The molecule has 2 aromatic rings. The number of hydrogen-bond donors (Lipinski definition) is 1. The van der Waals surface area contributed by atoms with Crippen LogP contribution in [0.3, 0.4) is 0 Å². The van der Waals surface area contributed by atoms with Crippen molar-refractivity contribution in [2.24, 2.45) is 0 Å². The van der Waals surface area contributed by atoms with Crippen LogP contribution >= 0.6 is 11.6 Å². The normalized spacial score (nSPS) is 15.9. The number of nitrogens with one attached hydrogen (secondary N) is 1. The summed E-state index contributed by atoms with van der Waals surface area (Å²) in [6, 6.07) is 12.5. The number of fused-ring (bicyclic) bond motifs is 1. The molecule has 0 saturated carbocycles. The van der Waals surface area contributed by atoms with E-state index in [0.29, 0.717) is 0 Å². The lowest BCUT2D eigenvalue weighted by Crippen LogP contribution is -2.20. The van der Waals surface area contributed by atoms with E-state index in [2.05, 4.69) is 41.7 Å². The number of hydrogen-bond acceptors (Lipinski definition) is 1. The summed E-state index contributed by atoms with van der Waals surface area (Å²) < 4.78 is 0. The molecule has 3 rings (SSSR count). The largest absolute Gasteiger partial charge is 0.313 e. The van der Waals surface area contributed by atoms with Crippen molar-refractivity contribution in [1.29, 1.82) is 0 Å². The van der Waals surface area contributed by atoms with E-state index in [0.717, 1.165) is 24.5 Å². The monoisotopic (exact) mass is 243 g/mol. The maximum absolute atomic E-state index is 6.10. The molecule has 0 amide bonds. The molecule has 0 spiro atoms. The van der Waals surface area contributed by atoms with Gasteiger partial charge >= 0.3 is 0 Å². The zero-order valence-corrected chi connectivity index (χ0v) is 10.3. The Kier molecular flexibility index (Phi) is 2.87. The Hall–Kier alpha value is -1.31. The molecule has 86 valence electrons. The lowest BCUT2D eigenvalue weighted by Gasteiger charge is -2.16. The van der Waals surface area contributed by atoms with Crippen molar-refractivity contribution in [3.63, 3.8) is 0 Å². The topological polar surface area (TPSA) is 12.0 Å². The van der Waals surface area contributed by atoms with E-state index in [1.807, 2.05) is 6.07 Å². The molecule has 2 aromatic carbocycles. The summed E-state index contributed by atoms with van der Waals surface area (Å²) in [5.74, 6) is 0. The van der Waals surface area contributed by atoms with Crippen molar-refractivity contribution in [2.45, 2.75) is 6.42 Å². The van der Waals surface area contributed by atoms with Gasteiger partial charge < -0.3 is 5.32 Å². The molecule has 0 bridgehead atoms. The van der Waals surface area contributed by atoms with Gasteiger partial charge in [-0.3, -0.25) is 0 Å². The maximum atomic E-state index is 6.10. The van der Waals surface area contributed by atoms with Gasteiger partial charge in [-0.1, -0.05) is 41.9 Å². The molecule has 0 fully saturated rings. The maximum Gasteiger partial charge on any atom is 0.0412 e. The number of benzene rings is 2. The molecule has 1 nitrogen and oxygen atoms in total. The Balaban J connectivity index is 2.21. The van der Waals surface area contributed by atoms with Gasteiger partial charge in [0.1, 0.15) is 0 Å². The molecule has 17 heavy (non-hydrogen) atoms. The van der Waals surface area contributed by atoms with Crippen LogP contribution in [0, 0.1) is 0 Å². The first-order chi connectivity index (χ1) is 8.34. The average molecular weight is 244 g/mol. The lowest BCUT2D eigenvalue weighted by molar-refractivity contribution is 0.739. The van der Waals surface area contributed by atoms with Gasteiger partial charge in [0.15, 0.2) is 0 Å². The van der Waals surface area contributed by atoms with Gasteiger partial charge in [0, 0.05) is 11.6 Å². The molecule has 1 heterocycles. The third kappa shape index (κ3) is 2.08. The van der Waals surface area contributed by atoms with Crippen LogP contribution in [0.2, 0.25) is 5.02 Å². The van der Waals surface area contributed by atoms with Crippen molar-refractivity contribution in [3.8, 4) is 0 Å². The second kappa shape index (κ2) is 4.52. The van der Waals surface area contributed by atoms with E-state index in [-0.39, 0.29) is 0 Å². The van der Waals surface area contributed by atoms with Crippen LogP contribution in [0.15, 0.2) is 42.5 Å². The lowest BCUT2D eigenvalue weighted by atomic mass is 9.95. The van der Waals surface area contributed by atoms with E-state index >= 15 is 0 Å². The molecule has 0 radical (unpaired) electrons. The van der Waals surface area contributed by atoms with E-state index in [1.54, 1.807) is 0 Å². The highest BCUT2D eigenvalue weighted by Crippen LogP contribution is 2.29. The first kappa shape index (κ1) is 10.8. The van der Waals surface area contributed by atoms with Crippen molar-refractivity contribution in [2.75, 3.05) is 13.1 Å². The van der Waals surface area contributed by atoms with Crippen LogP contribution in [0.4, 0.5) is 0 Å². The minimum Gasteiger partial charge on any atom is -0.313 e. The second-order valence-corrected chi connectivity index (χ2v) is 4.79. The van der Waals surface area contributed by atoms with Gasteiger partial charge in [-0.25, -0.2) is 0 Å². The summed E-state index contributed by atoms with van der Waals surface area (Å²) >= 11 is 6.10.